The van der Waals surface area contributed by atoms with Crippen LogP contribution in [0.5, 0.6) is 0 Å². The molecule has 2 N–H and O–H groups in total. The molecule has 1 aliphatic rings. The zero-order valence-corrected chi connectivity index (χ0v) is 9.74. The lowest BCUT2D eigenvalue weighted by Gasteiger charge is -2.22. The molecule has 0 aromatic carbocycles. The second-order valence-corrected chi connectivity index (χ2v) is 4.95. The Bertz CT molecular complexity index is 337. The Morgan fingerprint density at radius 2 is 2.19 bits per heavy atom. The maximum absolute atomic E-state index is 11.4. The second kappa shape index (κ2) is 3.81. The third-order valence-corrected chi connectivity index (χ3v) is 2.40. The molecule has 2 atom stereocenters. The van der Waals surface area contributed by atoms with Gasteiger partial charge in [-0.15, -0.1) is 6.58 Å². The zero-order valence-electron chi connectivity index (χ0n) is 9.74. The van der Waals surface area contributed by atoms with Gasteiger partial charge in [0.05, 0.1) is 0 Å². The summed E-state index contributed by atoms with van der Waals surface area (Å²) in [6, 6.07) is 0. The van der Waals surface area contributed by atoms with Crippen LogP contribution in [0.25, 0.3) is 0 Å². The van der Waals surface area contributed by atoms with Crippen LogP contribution in [0.2, 0.25) is 0 Å². The van der Waals surface area contributed by atoms with Crippen molar-refractivity contribution < 1.29 is 20.9 Å². The first-order chi connectivity index (χ1) is 7.21. The van der Waals surface area contributed by atoms with E-state index in [2.05, 4.69) is 11.9 Å². The number of carboxylic acids is 1. The van der Waals surface area contributed by atoms with Gasteiger partial charge in [0.2, 0.25) is 0 Å². The van der Waals surface area contributed by atoms with Crippen LogP contribution in [-0.4, -0.2) is 28.3 Å². The Kier molecular flexibility index (Phi) is 2.99. The highest BCUT2D eigenvalue weighted by Gasteiger charge is 2.60. The molecular weight excluding hydrogens is 210 g/mol. The Hall–Kier alpha value is -1.52. The van der Waals surface area contributed by atoms with Gasteiger partial charge in [0.1, 0.15) is 11.1 Å². The average molecular weight is 229 g/mol. The van der Waals surface area contributed by atoms with Gasteiger partial charge < -0.3 is 15.2 Å². The Labute approximate surface area is 96.0 Å². The molecule has 1 unspecified atom stereocenters. The summed E-state index contributed by atoms with van der Waals surface area (Å²) in [6.45, 7) is 8.69. The summed E-state index contributed by atoms with van der Waals surface area (Å²) in [4.78, 5) is 22.5. The number of carboxylic acid groups (broad SMARTS) is 1. The fourth-order valence-electron chi connectivity index (χ4n) is 1.50. The first-order valence-corrected chi connectivity index (χ1v) is 5.08. The molecule has 1 aliphatic carbocycles. The normalized spacial score (nSPS) is 28.1. The molecule has 1 rings (SSSR count). The third-order valence-electron chi connectivity index (χ3n) is 2.40. The van der Waals surface area contributed by atoms with E-state index in [0.717, 1.165) is 0 Å². The van der Waals surface area contributed by atoms with Crippen molar-refractivity contribution in [2.45, 2.75) is 38.3 Å². The molecule has 5 nitrogen and oxygen atoms in total. The van der Waals surface area contributed by atoms with Crippen molar-refractivity contribution in [2.24, 2.45) is 5.92 Å². The molecule has 0 aliphatic heterocycles. The van der Waals surface area contributed by atoms with E-state index in [1.807, 2.05) is 0 Å². The highest BCUT2D eigenvalue weighted by molar-refractivity contribution is 5.88. The number of carbonyl (C=O) groups excluding carboxylic acids is 1. The van der Waals surface area contributed by atoms with Crippen LogP contribution in [0.4, 0.5) is 4.79 Å². The van der Waals surface area contributed by atoms with Gasteiger partial charge in [0.15, 0.2) is 0 Å². The van der Waals surface area contributed by atoms with E-state index in [-0.39, 0.29) is 7.34 Å². The molecule has 1 fully saturated rings. The number of ether oxygens (including phenoxy) is 1. The number of nitrogens with one attached hydrogen (secondary N) is 1. The first-order valence-electron chi connectivity index (χ1n) is 5.08. The first kappa shape index (κ1) is 12.5. The maximum Gasteiger partial charge on any atom is 0.408 e. The molecule has 1 amide bonds. The minimum Gasteiger partial charge on any atom is -0.479 e. The molecule has 0 aromatic heterocycles. The lowest BCUT2D eigenvalue weighted by atomic mass is 10.2. The van der Waals surface area contributed by atoms with Crippen molar-refractivity contribution >= 4 is 12.1 Å². The van der Waals surface area contributed by atoms with E-state index in [1.54, 1.807) is 20.8 Å². The molecular formula is C11H19NO4. The lowest BCUT2D eigenvalue weighted by Crippen LogP contribution is -2.46. The summed E-state index contributed by atoms with van der Waals surface area (Å²) >= 11 is 0. The smallest absolute Gasteiger partial charge is 0.408 e. The summed E-state index contributed by atoms with van der Waals surface area (Å²) in [6.07, 6.45) is 1.19. The topological polar surface area (TPSA) is 75.6 Å². The van der Waals surface area contributed by atoms with E-state index < -0.39 is 23.2 Å². The molecule has 0 spiro atoms. The molecule has 0 saturated heterocycles. The molecule has 1 saturated carbocycles. The van der Waals surface area contributed by atoms with E-state index in [1.165, 1.54) is 6.08 Å². The van der Waals surface area contributed by atoms with E-state index in [0.29, 0.717) is 6.42 Å². The van der Waals surface area contributed by atoms with Gasteiger partial charge in [0.25, 0.3) is 0 Å². The van der Waals surface area contributed by atoms with E-state index in [9.17, 15) is 9.59 Å². The number of carbonyl (C=O) groups is 2. The third kappa shape index (κ3) is 2.53. The minimum absolute atomic E-state index is 0. The van der Waals surface area contributed by atoms with Crippen molar-refractivity contribution in [3.63, 3.8) is 0 Å². The van der Waals surface area contributed by atoms with Crippen LogP contribution < -0.4 is 5.32 Å². The highest BCUT2D eigenvalue weighted by Crippen LogP contribution is 2.44. The number of aliphatic carboxylic acids is 1. The Morgan fingerprint density at radius 1 is 1.62 bits per heavy atom. The van der Waals surface area contributed by atoms with Crippen molar-refractivity contribution in [2.75, 3.05) is 0 Å². The van der Waals surface area contributed by atoms with Gasteiger partial charge in [-0.05, 0) is 27.2 Å². The van der Waals surface area contributed by atoms with Gasteiger partial charge in [-0.2, -0.15) is 0 Å². The predicted molar refractivity (Wildman–Crippen MR) is 60.2 cm³/mol. The summed E-state index contributed by atoms with van der Waals surface area (Å²) in [5.41, 5.74) is -1.85. The standard InChI is InChI=1S/C11H17NO4.H2/c1-5-7-6-11(7,8(13)14)12-9(15)16-10(2,3)4;/h5,7H,1,6H2,2-4H3,(H,12,15)(H,13,14);1H/t7?,11-;/m1./s1. The monoisotopic (exact) mass is 229 g/mol. The van der Waals surface area contributed by atoms with Crippen molar-refractivity contribution in [3.8, 4) is 0 Å². The summed E-state index contributed by atoms with van der Waals surface area (Å²) in [7, 11) is 0. The second-order valence-electron chi connectivity index (χ2n) is 4.95. The van der Waals surface area contributed by atoms with Crippen molar-refractivity contribution in [1.82, 2.24) is 5.32 Å². The van der Waals surface area contributed by atoms with Crippen LogP contribution in [0.1, 0.15) is 28.6 Å². The minimum atomic E-state index is -1.22. The zero-order chi connectivity index (χ0) is 12.6. The molecule has 0 radical (unpaired) electrons. The molecule has 0 heterocycles. The summed E-state index contributed by atoms with van der Waals surface area (Å²) in [5, 5.41) is 11.4. The van der Waals surface area contributed by atoms with Crippen molar-refractivity contribution in [3.05, 3.63) is 12.7 Å². The fraction of sp³-hybridized carbons (Fsp3) is 0.636. The Balaban J connectivity index is 0.00000256. The highest BCUT2D eigenvalue weighted by atomic mass is 16.6. The van der Waals surface area contributed by atoms with Gasteiger partial charge >= 0.3 is 12.1 Å². The number of rotatable bonds is 3. The SMILES string of the molecule is C=CC1C[C@]1(NC(=O)OC(C)(C)C)C(=O)O.[HH]. The van der Waals surface area contributed by atoms with Crippen LogP contribution >= 0.6 is 0 Å². The van der Waals surface area contributed by atoms with Gasteiger partial charge in [0, 0.05) is 7.34 Å². The molecule has 5 heteroatoms. The van der Waals surface area contributed by atoms with E-state index in [4.69, 9.17) is 9.84 Å². The Morgan fingerprint density at radius 3 is 2.50 bits per heavy atom. The van der Waals surface area contributed by atoms with E-state index >= 15 is 0 Å². The molecule has 92 valence electrons. The molecule has 16 heavy (non-hydrogen) atoms. The molecule has 0 bridgehead atoms. The van der Waals surface area contributed by atoms with Crippen LogP contribution in [-0.2, 0) is 9.53 Å². The fourth-order valence-corrected chi connectivity index (χ4v) is 1.50. The lowest BCUT2D eigenvalue weighted by molar-refractivity contribution is -0.141. The van der Waals surface area contributed by atoms with Crippen LogP contribution in [0, 0.1) is 5.92 Å². The number of amides is 1. The maximum atomic E-state index is 11.4. The quantitative estimate of drug-likeness (QED) is 0.723. The van der Waals surface area contributed by atoms with Gasteiger partial charge in [-0.3, -0.25) is 0 Å². The number of hydrogen-bond donors (Lipinski definition) is 2. The van der Waals surface area contributed by atoms with Crippen LogP contribution in [0.3, 0.4) is 0 Å². The van der Waals surface area contributed by atoms with Gasteiger partial charge in [-0.25, -0.2) is 9.59 Å². The average Bonchev–Trinajstić information content (AvgIpc) is 2.76. The van der Waals surface area contributed by atoms with Gasteiger partial charge in [-0.1, -0.05) is 6.08 Å². The number of alkyl carbamates (subject to hydrolysis) is 1. The number of hydrogen-bond acceptors (Lipinski definition) is 3. The summed E-state index contributed by atoms with van der Waals surface area (Å²) in [5.74, 6) is -1.28. The van der Waals surface area contributed by atoms with Crippen LogP contribution in [0.15, 0.2) is 12.7 Å². The molecule has 0 aromatic rings. The van der Waals surface area contributed by atoms with Crippen molar-refractivity contribution in [1.29, 1.82) is 0 Å². The summed E-state index contributed by atoms with van der Waals surface area (Å²) < 4.78 is 5.01. The predicted octanol–water partition coefficient (Wildman–Crippen LogP) is 1.79. The largest absolute Gasteiger partial charge is 0.479 e.